The number of piperazine rings is 1. The first-order valence-corrected chi connectivity index (χ1v) is 12.5. The molecule has 2 aliphatic heterocycles. The van der Waals surface area contributed by atoms with Gasteiger partial charge in [-0.25, -0.2) is 9.97 Å². The summed E-state index contributed by atoms with van der Waals surface area (Å²) in [6.45, 7) is 5.07. The standard InChI is InChI=1S/C26H29N5OS/c32-26(31-19-17-29(18-20-31)22-7-3-1-4-8-22)21-11-15-30(16-12-21)24-25(28-14-13-27-24)33-23-9-5-2-6-10-23/h1-10,13-14,21H,11-12,15-20H2. The van der Waals surface area contributed by atoms with Gasteiger partial charge in [-0.2, -0.15) is 0 Å². The van der Waals surface area contributed by atoms with E-state index in [1.807, 2.05) is 24.3 Å². The van der Waals surface area contributed by atoms with Crippen LogP contribution >= 0.6 is 11.8 Å². The summed E-state index contributed by atoms with van der Waals surface area (Å²) in [5.41, 5.74) is 1.24. The molecule has 2 aromatic carbocycles. The van der Waals surface area contributed by atoms with Gasteiger partial charge in [-0.3, -0.25) is 4.79 Å². The van der Waals surface area contributed by atoms with Crippen LogP contribution in [0.1, 0.15) is 12.8 Å². The highest BCUT2D eigenvalue weighted by molar-refractivity contribution is 7.99. The summed E-state index contributed by atoms with van der Waals surface area (Å²) in [7, 11) is 0. The molecule has 0 N–H and O–H groups in total. The lowest BCUT2D eigenvalue weighted by Gasteiger charge is -2.39. The molecule has 33 heavy (non-hydrogen) atoms. The van der Waals surface area contributed by atoms with E-state index in [-0.39, 0.29) is 5.92 Å². The molecule has 0 spiro atoms. The summed E-state index contributed by atoms with van der Waals surface area (Å²) in [6.07, 6.45) is 5.24. The molecule has 3 aromatic rings. The molecular weight excluding hydrogens is 430 g/mol. The van der Waals surface area contributed by atoms with E-state index in [4.69, 9.17) is 0 Å². The molecule has 1 aromatic heterocycles. The van der Waals surface area contributed by atoms with E-state index in [0.29, 0.717) is 5.91 Å². The van der Waals surface area contributed by atoms with Gasteiger partial charge in [0, 0.05) is 68.2 Å². The Labute approximate surface area is 199 Å². The van der Waals surface area contributed by atoms with E-state index >= 15 is 0 Å². The zero-order valence-electron chi connectivity index (χ0n) is 18.7. The normalized spacial score (nSPS) is 17.3. The highest BCUT2D eigenvalue weighted by Gasteiger charge is 2.31. The van der Waals surface area contributed by atoms with Gasteiger partial charge in [0.15, 0.2) is 5.82 Å². The first-order chi connectivity index (χ1) is 16.3. The highest BCUT2D eigenvalue weighted by atomic mass is 32.2. The second-order valence-corrected chi connectivity index (χ2v) is 9.57. The number of rotatable bonds is 5. The monoisotopic (exact) mass is 459 g/mol. The minimum Gasteiger partial charge on any atom is -0.368 e. The predicted octanol–water partition coefficient (Wildman–Crippen LogP) is 4.19. The second kappa shape index (κ2) is 10.3. The van der Waals surface area contributed by atoms with Gasteiger partial charge in [-0.05, 0) is 37.1 Å². The fourth-order valence-corrected chi connectivity index (χ4v) is 5.53. The predicted molar refractivity (Wildman–Crippen MR) is 133 cm³/mol. The molecule has 0 bridgehead atoms. The molecule has 0 atom stereocenters. The van der Waals surface area contributed by atoms with E-state index in [9.17, 15) is 4.79 Å². The van der Waals surface area contributed by atoms with Gasteiger partial charge in [-0.1, -0.05) is 48.2 Å². The number of para-hydroxylation sites is 1. The summed E-state index contributed by atoms with van der Waals surface area (Å²) in [4.78, 5) is 30.3. The molecule has 0 saturated carbocycles. The third-order valence-corrected chi connectivity index (χ3v) is 7.45. The molecule has 0 aliphatic carbocycles. The van der Waals surface area contributed by atoms with E-state index < -0.39 is 0 Å². The van der Waals surface area contributed by atoms with Crippen molar-refractivity contribution in [3.8, 4) is 0 Å². The second-order valence-electron chi connectivity index (χ2n) is 8.51. The van der Waals surface area contributed by atoms with Crippen molar-refractivity contribution in [2.75, 3.05) is 49.1 Å². The van der Waals surface area contributed by atoms with Crippen LogP contribution in [-0.4, -0.2) is 60.0 Å². The van der Waals surface area contributed by atoms with Gasteiger partial charge in [0.05, 0.1) is 0 Å². The van der Waals surface area contributed by atoms with Crippen LogP contribution in [0.4, 0.5) is 11.5 Å². The van der Waals surface area contributed by atoms with Crippen LogP contribution in [0.25, 0.3) is 0 Å². The number of carbonyl (C=O) groups is 1. The summed E-state index contributed by atoms with van der Waals surface area (Å²) < 4.78 is 0. The van der Waals surface area contributed by atoms with Gasteiger partial charge in [0.25, 0.3) is 0 Å². The molecule has 2 saturated heterocycles. The smallest absolute Gasteiger partial charge is 0.225 e. The summed E-state index contributed by atoms with van der Waals surface area (Å²) in [5, 5.41) is 0.922. The Morgan fingerprint density at radius 2 is 1.39 bits per heavy atom. The molecule has 1 amide bonds. The van der Waals surface area contributed by atoms with E-state index in [0.717, 1.165) is 67.8 Å². The van der Waals surface area contributed by atoms with Crippen LogP contribution in [0, 0.1) is 5.92 Å². The van der Waals surface area contributed by atoms with E-state index in [2.05, 4.69) is 61.1 Å². The topological polar surface area (TPSA) is 52.6 Å². The van der Waals surface area contributed by atoms with Crippen molar-refractivity contribution >= 4 is 29.2 Å². The maximum atomic E-state index is 13.2. The number of anilines is 2. The maximum absolute atomic E-state index is 13.2. The fraction of sp³-hybridized carbons (Fsp3) is 0.346. The number of hydrogen-bond acceptors (Lipinski definition) is 6. The van der Waals surface area contributed by atoms with Gasteiger partial charge < -0.3 is 14.7 Å². The van der Waals surface area contributed by atoms with Crippen LogP contribution in [0.15, 0.2) is 83.0 Å². The number of carbonyl (C=O) groups excluding carboxylic acids is 1. The molecule has 2 fully saturated rings. The lowest BCUT2D eigenvalue weighted by molar-refractivity contribution is -0.136. The summed E-state index contributed by atoms with van der Waals surface area (Å²) in [6, 6.07) is 20.7. The summed E-state index contributed by atoms with van der Waals surface area (Å²) >= 11 is 1.64. The number of nitrogens with zero attached hydrogens (tertiary/aromatic N) is 5. The number of benzene rings is 2. The van der Waals surface area contributed by atoms with Crippen molar-refractivity contribution in [3.63, 3.8) is 0 Å². The van der Waals surface area contributed by atoms with Crippen LogP contribution in [0.2, 0.25) is 0 Å². The molecule has 3 heterocycles. The Morgan fingerprint density at radius 3 is 2.09 bits per heavy atom. The van der Waals surface area contributed by atoms with Crippen LogP contribution in [0.3, 0.4) is 0 Å². The number of amides is 1. The van der Waals surface area contributed by atoms with Gasteiger partial charge in [0.2, 0.25) is 5.91 Å². The largest absolute Gasteiger partial charge is 0.368 e. The fourth-order valence-electron chi connectivity index (χ4n) is 4.63. The average molecular weight is 460 g/mol. The third-order valence-electron chi connectivity index (χ3n) is 6.46. The number of piperidine rings is 1. The molecule has 170 valence electrons. The molecule has 6 nitrogen and oxygen atoms in total. The molecule has 2 aliphatic rings. The van der Waals surface area contributed by atoms with Crippen molar-refractivity contribution in [2.45, 2.75) is 22.8 Å². The van der Waals surface area contributed by atoms with Crippen LogP contribution in [0.5, 0.6) is 0 Å². The molecular formula is C26H29N5OS. The highest BCUT2D eigenvalue weighted by Crippen LogP contribution is 2.34. The Bertz CT molecular complexity index is 1050. The molecule has 7 heteroatoms. The SMILES string of the molecule is O=C(C1CCN(c2nccnc2Sc2ccccc2)CC1)N1CCN(c2ccccc2)CC1. The van der Waals surface area contributed by atoms with Crippen molar-refractivity contribution < 1.29 is 4.79 Å². The molecule has 0 radical (unpaired) electrons. The molecule has 5 rings (SSSR count). The summed E-state index contributed by atoms with van der Waals surface area (Å²) in [5.74, 6) is 1.35. The Balaban J connectivity index is 1.16. The van der Waals surface area contributed by atoms with Crippen molar-refractivity contribution in [3.05, 3.63) is 73.1 Å². The Morgan fingerprint density at radius 1 is 0.758 bits per heavy atom. The Hall–Kier alpha value is -3.06. The van der Waals surface area contributed by atoms with Crippen LogP contribution < -0.4 is 9.80 Å². The van der Waals surface area contributed by atoms with Gasteiger partial charge in [-0.15, -0.1) is 0 Å². The van der Waals surface area contributed by atoms with Gasteiger partial charge in [0.1, 0.15) is 5.03 Å². The van der Waals surface area contributed by atoms with Crippen LogP contribution in [-0.2, 0) is 4.79 Å². The average Bonchev–Trinajstić information content (AvgIpc) is 2.90. The lowest BCUT2D eigenvalue weighted by Crippen LogP contribution is -2.51. The zero-order valence-corrected chi connectivity index (χ0v) is 19.5. The van der Waals surface area contributed by atoms with Gasteiger partial charge >= 0.3 is 0 Å². The zero-order chi connectivity index (χ0) is 22.5. The quantitative estimate of drug-likeness (QED) is 0.570. The first kappa shape index (κ1) is 21.8. The number of aromatic nitrogens is 2. The van der Waals surface area contributed by atoms with Crippen molar-refractivity contribution in [1.82, 2.24) is 14.9 Å². The van der Waals surface area contributed by atoms with Crippen molar-refractivity contribution in [1.29, 1.82) is 0 Å². The lowest BCUT2D eigenvalue weighted by atomic mass is 9.95. The van der Waals surface area contributed by atoms with E-state index in [1.165, 1.54) is 5.69 Å². The van der Waals surface area contributed by atoms with E-state index in [1.54, 1.807) is 24.2 Å². The maximum Gasteiger partial charge on any atom is 0.225 e. The minimum atomic E-state index is 0.103. The Kier molecular flexibility index (Phi) is 6.76. The minimum absolute atomic E-state index is 0.103. The number of hydrogen-bond donors (Lipinski definition) is 0. The molecule has 0 unspecified atom stereocenters. The third kappa shape index (κ3) is 5.14. The van der Waals surface area contributed by atoms with Crippen molar-refractivity contribution in [2.24, 2.45) is 5.92 Å². The first-order valence-electron chi connectivity index (χ1n) is 11.7.